The van der Waals surface area contributed by atoms with Crippen LogP contribution in [0.4, 0.5) is 0 Å². The largest absolute Gasteiger partial charge is 0.465 e. The highest BCUT2D eigenvalue weighted by Crippen LogP contribution is 2.69. The Bertz CT molecular complexity index is 2020. The lowest BCUT2D eigenvalue weighted by atomic mass is 9.45. The molecule has 1 aromatic heterocycles. The number of hydrogen-bond acceptors (Lipinski definition) is 18. The van der Waals surface area contributed by atoms with Gasteiger partial charge in [-0.1, -0.05) is 25.1 Å². The van der Waals surface area contributed by atoms with Crippen molar-refractivity contribution in [2.75, 3.05) is 13.2 Å². The Balaban J connectivity index is 1.72. The molecule has 2 aromatic rings. The van der Waals surface area contributed by atoms with E-state index in [2.05, 4.69) is 4.98 Å². The average molecular weight is 826 g/mol. The third-order valence-electron chi connectivity index (χ3n) is 11.8. The summed E-state index contributed by atoms with van der Waals surface area (Å²) in [6.45, 7) is 6.28. The second-order valence-electron chi connectivity index (χ2n) is 15.8. The Kier molecular flexibility index (Phi) is 11.7. The standard InChI is InChI=1S/C41H47NO17/c1-20-15-16-27-26(14-11-17-42-27)37(50)53-18-38(6)28-29(54-22(3)44)34(56-24(5)46)40(19-52-21(2)43)31(47)30(57-36(49)25-12-9-8-10-13-25)33(58-35(20)48)39(7,51)41(40,59-38)32(28)55-23(4)45/h8-14,17,20,28-34,47,51H,15-16,18-19H2,1-7H3/t20-,28-,29-,30-,31+,32-,33+,34-,38+,39+,40+,41+/m1/s1. The first-order valence-corrected chi connectivity index (χ1v) is 19.0. The lowest BCUT2D eigenvalue weighted by Gasteiger charge is -2.67. The average Bonchev–Trinajstić information content (AvgIpc) is 3.39. The van der Waals surface area contributed by atoms with E-state index in [0.29, 0.717) is 0 Å². The van der Waals surface area contributed by atoms with Gasteiger partial charge in [0.15, 0.2) is 23.9 Å². The number of hydrogen-bond donors (Lipinski definition) is 2. The maximum atomic E-state index is 14.2. The predicted octanol–water partition coefficient (Wildman–Crippen LogP) is 1.59. The maximum Gasteiger partial charge on any atom is 0.340 e. The summed E-state index contributed by atoms with van der Waals surface area (Å²) in [6, 6.07) is 10.5. The highest BCUT2D eigenvalue weighted by atomic mass is 16.7. The van der Waals surface area contributed by atoms with Gasteiger partial charge in [0.2, 0.25) is 0 Å². The zero-order valence-corrected chi connectivity index (χ0v) is 33.5. The number of carbonyl (C=O) groups excluding carboxylic acids is 7. The van der Waals surface area contributed by atoms with Gasteiger partial charge in [-0.2, -0.15) is 0 Å². The minimum atomic E-state index is -2.81. The highest BCUT2D eigenvalue weighted by Gasteiger charge is 2.91. The summed E-state index contributed by atoms with van der Waals surface area (Å²) in [5.74, 6) is -9.39. The highest BCUT2D eigenvalue weighted by molar-refractivity contribution is 5.91. The van der Waals surface area contributed by atoms with Crippen LogP contribution in [0.2, 0.25) is 0 Å². The van der Waals surface area contributed by atoms with E-state index in [1.165, 1.54) is 56.4 Å². The van der Waals surface area contributed by atoms with Crippen LogP contribution in [-0.2, 0) is 68.3 Å². The molecular formula is C41H47NO17. The first kappa shape index (κ1) is 43.1. The minimum absolute atomic E-state index is 0.0287. The number of aryl methyl sites for hydroxylation is 1. The summed E-state index contributed by atoms with van der Waals surface area (Å²) in [4.78, 5) is 98.6. The van der Waals surface area contributed by atoms with Crippen molar-refractivity contribution in [3.05, 3.63) is 65.5 Å². The number of benzene rings is 1. The number of pyridine rings is 1. The summed E-state index contributed by atoms with van der Waals surface area (Å²) in [6.07, 6.45) is -10.6. The van der Waals surface area contributed by atoms with Gasteiger partial charge in [0.05, 0.1) is 28.7 Å². The van der Waals surface area contributed by atoms with E-state index in [1.807, 2.05) is 0 Å². The lowest BCUT2D eigenvalue weighted by molar-refractivity contribution is -0.385. The quantitative estimate of drug-likeness (QED) is 0.297. The summed E-state index contributed by atoms with van der Waals surface area (Å²) in [5.41, 5.74) is -9.93. The number of aliphatic hydroxyl groups excluding tert-OH is 1. The first-order chi connectivity index (χ1) is 27.7. The summed E-state index contributed by atoms with van der Waals surface area (Å²) >= 11 is 0. The summed E-state index contributed by atoms with van der Waals surface area (Å²) in [7, 11) is 0. The van der Waals surface area contributed by atoms with Crippen molar-refractivity contribution in [1.82, 2.24) is 4.98 Å². The van der Waals surface area contributed by atoms with Crippen LogP contribution in [0, 0.1) is 17.3 Å². The molecule has 0 unspecified atom stereocenters. The van der Waals surface area contributed by atoms with Gasteiger partial charge in [-0.15, -0.1) is 0 Å². The number of fused-ring (bicyclic) bond motifs is 5. The Hall–Kier alpha value is -5.46. The van der Waals surface area contributed by atoms with Crippen LogP contribution in [0.15, 0.2) is 48.7 Å². The molecule has 2 N–H and O–H groups in total. The second-order valence-corrected chi connectivity index (χ2v) is 15.8. The van der Waals surface area contributed by atoms with E-state index in [1.54, 1.807) is 6.07 Å². The Labute approximate surface area is 338 Å². The van der Waals surface area contributed by atoms with E-state index < -0.39 is 126 Å². The van der Waals surface area contributed by atoms with Gasteiger partial charge in [-0.05, 0) is 51.0 Å². The van der Waals surface area contributed by atoms with Crippen LogP contribution < -0.4 is 0 Å². The third-order valence-corrected chi connectivity index (χ3v) is 11.8. The Morgan fingerprint density at radius 3 is 2.12 bits per heavy atom. The molecule has 0 radical (unpaired) electrons. The van der Waals surface area contributed by atoms with Crippen molar-refractivity contribution in [3.8, 4) is 0 Å². The molecule has 18 heteroatoms. The maximum absolute atomic E-state index is 14.2. The Morgan fingerprint density at radius 1 is 0.847 bits per heavy atom. The first-order valence-electron chi connectivity index (χ1n) is 19.0. The summed E-state index contributed by atoms with van der Waals surface area (Å²) < 4.78 is 48.4. The van der Waals surface area contributed by atoms with Crippen molar-refractivity contribution in [1.29, 1.82) is 0 Å². The molecule has 3 heterocycles. The minimum Gasteiger partial charge on any atom is -0.465 e. The van der Waals surface area contributed by atoms with Gasteiger partial charge in [-0.3, -0.25) is 29.0 Å². The fourth-order valence-corrected chi connectivity index (χ4v) is 9.41. The van der Waals surface area contributed by atoms with E-state index in [4.69, 9.17) is 37.9 Å². The predicted molar refractivity (Wildman–Crippen MR) is 196 cm³/mol. The van der Waals surface area contributed by atoms with Crippen LogP contribution in [0.5, 0.6) is 0 Å². The number of cyclic esters (lactones) is 1. The molecule has 2 aliphatic heterocycles. The van der Waals surface area contributed by atoms with Crippen molar-refractivity contribution >= 4 is 41.8 Å². The molecule has 1 spiro atoms. The molecule has 1 aromatic carbocycles. The smallest absolute Gasteiger partial charge is 0.340 e. The number of esters is 7. The number of rotatable bonds is 7. The van der Waals surface area contributed by atoms with Gasteiger partial charge < -0.3 is 48.1 Å². The van der Waals surface area contributed by atoms with Crippen LogP contribution in [-0.4, -0.2) is 124 Å². The van der Waals surface area contributed by atoms with Crippen molar-refractivity contribution in [2.45, 2.75) is 115 Å². The van der Waals surface area contributed by atoms with E-state index >= 15 is 0 Å². The number of nitrogens with zero attached hydrogens (tertiary/aromatic N) is 1. The number of aromatic nitrogens is 1. The third kappa shape index (κ3) is 7.20. The van der Waals surface area contributed by atoms with Gasteiger partial charge in [-0.25, -0.2) is 9.59 Å². The van der Waals surface area contributed by atoms with Crippen LogP contribution in [0.25, 0.3) is 0 Å². The zero-order chi connectivity index (χ0) is 43.2. The monoisotopic (exact) mass is 825 g/mol. The second kappa shape index (κ2) is 16.0. The molecule has 59 heavy (non-hydrogen) atoms. The lowest BCUT2D eigenvalue weighted by Crippen LogP contribution is -2.89. The molecule has 1 saturated heterocycles. The van der Waals surface area contributed by atoms with Crippen molar-refractivity contribution in [2.24, 2.45) is 17.3 Å². The molecule has 4 bridgehead atoms. The fourth-order valence-electron chi connectivity index (χ4n) is 9.41. The molecule has 4 aliphatic rings. The van der Waals surface area contributed by atoms with E-state index in [0.717, 1.165) is 34.6 Å². The Morgan fingerprint density at radius 2 is 1.49 bits per heavy atom. The van der Waals surface area contributed by atoms with Crippen LogP contribution in [0.1, 0.15) is 81.3 Å². The molecule has 6 rings (SSSR count). The van der Waals surface area contributed by atoms with Gasteiger partial charge in [0.1, 0.15) is 48.1 Å². The molecule has 2 saturated carbocycles. The molecule has 2 aliphatic carbocycles. The van der Waals surface area contributed by atoms with Gasteiger partial charge >= 0.3 is 41.8 Å². The number of ether oxygens (including phenoxy) is 8. The van der Waals surface area contributed by atoms with E-state index in [-0.39, 0.29) is 29.7 Å². The molecule has 18 nitrogen and oxygen atoms in total. The SMILES string of the molecule is CC(=O)OC[C@]12[C@H](OC(C)=O)[C@H](OC(C)=O)[C@@H]3[C@@H](OC(C)=O)[C@@]14O[C@@]3(C)COC(=O)c1cccnc1CC[C@@H](C)C(=O)O[C@@H]([C@H](OC(=O)c1ccccc1)[C@@H]2O)[C@]4(C)O. The topological polar surface area (TPSA) is 247 Å². The van der Waals surface area contributed by atoms with E-state index in [9.17, 15) is 43.8 Å². The molecule has 12 atom stereocenters. The molecular weight excluding hydrogens is 778 g/mol. The van der Waals surface area contributed by atoms with Gasteiger partial charge in [0.25, 0.3) is 0 Å². The molecule has 318 valence electrons. The zero-order valence-electron chi connectivity index (χ0n) is 33.5. The van der Waals surface area contributed by atoms with Crippen LogP contribution >= 0.6 is 0 Å². The number of carbonyl (C=O) groups is 7. The number of aliphatic hydroxyl groups is 2. The fraction of sp³-hybridized carbons (Fsp3) is 0.561. The van der Waals surface area contributed by atoms with Crippen molar-refractivity contribution in [3.63, 3.8) is 0 Å². The van der Waals surface area contributed by atoms with Crippen molar-refractivity contribution < 1.29 is 81.7 Å². The van der Waals surface area contributed by atoms with Gasteiger partial charge in [0, 0.05) is 33.9 Å². The molecule has 3 fully saturated rings. The molecule has 0 amide bonds. The summed E-state index contributed by atoms with van der Waals surface area (Å²) in [5, 5.41) is 26.5. The van der Waals surface area contributed by atoms with Crippen LogP contribution in [0.3, 0.4) is 0 Å². The normalized spacial score (nSPS) is 36.3.